The molecule has 0 rings (SSSR count). The zero-order valence-corrected chi connectivity index (χ0v) is 0.707. The summed E-state index contributed by atoms with van der Waals surface area (Å²) < 4.78 is 0. The predicted octanol–water partition coefficient (Wildman–Crippen LogP) is -5.67. The predicted molar refractivity (Wildman–Crippen MR) is 69.4 cm³/mol. The molecule has 0 spiro atoms. The van der Waals surface area contributed by atoms with E-state index >= 15 is 0 Å². The Morgan fingerprint density at radius 3 is 0.200 bits per heavy atom. The van der Waals surface area contributed by atoms with Crippen molar-refractivity contribution in [3.63, 3.8) is 0 Å². The van der Waals surface area contributed by atoms with Crippen molar-refractivity contribution in [3.8, 4) is 0 Å². The zero-order valence-electron chi connectivity index (χ0n) is 0.707. The van der Waals surface area contributed by atoms with E-state index in [1.54, 1.807) is 0 Å². The summed E-state index contributed by atoms with van der Waals surface area (Å²) in [6, 6.07) is 0. The van der Waals surface area contributed by atoms with Crippen molar-refractivity contribution in [1.29, 1.82) is 0 Å². The maximum atomic E-state index is 0. The van der Waals surface area contributed by atoms with Gasteiger partial charge in [-0.05, 0) is 0 Å². The third-order valence-electron chi connectivity index (χ3n) is 0. The summed E-state index contributed by atoms with van der Waals surface area (Å²) in [6.45, 7) is 0. The normalized spacial score (nSPS) is 0. The Balaban J connectivity index is 0. The Bertz CT molecular complexity index is 4.69. The van der Waals surface area contributed by atoms with E-state index in [9.17, 15) is 0 Å². The van der Waals surface area contributed by atoms with Crippen molar-refractivity contribution < 1.29 is 0 Å². The van der Waals surface area contributed by atoms with E-state index in [1.807, 2.05) is 0 Å². The van der Waals surface area contributed by atoms with Gasteiger partial charge in [0.25, 0.3) is 0 Å². The first-order valence-corrected chi connectivity index (χ1v) is 0. The minimum atomic E-state index is 0. The molecule has 0 amide bonds. The first kappa shape index (κ1) is 76.2. The van der Waals surface area contributed by atoms with Crippen LogP contribution in [0.1, 0.15) is 0 Å². The van der Waals surface area contributed by atoms with Crippen LogP contribution in [0.5, 0.6) is 0 Å². The fourth-order valence-corrected chi connectivity index (χ4v) is 0. The third kappa shape index (κ3) is 53.8. The van der Waals surface area contributed by atoms with E-state index in [0.717, 1.165) is 0 Å². The maximum absolute atomic E-state index is 0. The van der Waals surface area contributed by atoms with Gasteiger partial charge in [-0.3, -0.25) is 0 Å². The molecular weight excluding hydrogens is 221 g/mol. The second-order valence-electron chi connectivity index (χ2n) is 0. The van der Waals surface area contributed by atoms with E-state index < -0.39 is 0 Å². The van der Waals surface area contributed by atoms with Crippen molar-refractivity contribution in [3.05, 3.63) is 0 Å². The molecule has 0 fully saturated rings. The van der Waals surface area contributed by atoms with Crippen LogP contribution in [0.25, 0.3) is 0 Å². The molecule has 0 aromatic heterocycles. The van der Waals surface area contributed by atoms with Crippen LogP contribution in [-0.4, -0.2) is 266 Å². The van der Waals surface area contributed by atoms with Gasteiger partial charge in [0, 0.05) is 0 Å². The van der Waals surface area contributed by atoms with Crippen molar-refractivity contribution in [2.24, 2.45) is 0 Å². The summed E-state index contributed by atoms with van der Waals surface area (Å²) in [7, 11) is 0. The van der Waals surface area contributed by atoms with Crippen LogP contribution in [0, 0.1) is 0 Å². The number of hydrogen-bond donors (Lipinski definition) is 1. The summed E-state index contributed by atoms with van der Waals surface area (Å²) in [5.74, 6) is 0. The summed E-state index contributed by atoms with van der Waals surface area (Å²) in [5.41, 5.74) is 0. The van der Waals surface area contributed by atoms with Crippen LogP contribution in [0.3, 0.4) is 0 Å². The molecule has 0 aliphatic carbocycles. The molecule has 3 N–H and O–H groups in total. The molecule has 10 heteroatoms. The van der Waals surface area contributed by atoms with Crippen molar-refractivity contribution >= 4 is 266 Å². The van der Waals surface area contributed by atoms with Crippen LogP contribution in [0.15, 0.2) is 0 Å². The third-order valence-corrected chi connectivity index (χ3v) is 0. The molecule has 0 aliphatic heterocycles. The standard InChI is InChI=1S/H3N.9Na.9H/h1H3;;;;;;;;;;;;;;;;;;. The van der Waals surface area contributed by atoms with Gasteiger partial charge in [-0.25, -0.2) is 0 Å². The van der Waals surface area contributed by atoms with E-state index in [-0.39, 0.29) is 272 Å². The van der Waals surface area contributed by atoms with E-state index in [4.69, 9.17) is 0 Å². The number of hydrogen-bond acceptors (Lipinski definition) is 1. The van der Waals surface area contributed by atoms with Crippen molar-refractivity contribution in [1.82, 2.24) is 6.15 Å². The summed E-state index contributed by atoms with van der Waals surface area (Å²) in [6.07, 6.45) is 0. The Morgan fingerprint density at radius 2 is 0.200 bits per heavy atom. The first-order valence-electron chi connectivity index (χ1n) is 0. The molecule has 1 nitrogen and oxygen atoms in total. The molecule has 0 bridgehead atoms. The molecular formula is H12NNa9. The Morgan fingerprint density at radius 1 is 0.200 bits per heavy atom. The Hall–Kier alpha value is 8.96. The summed E-state index contributed by atoms with van der Waals surface area (Å²) in [5, 5.41) is 0. The van der Waals surface area contributed by atoms with Gasteiger partial charge in [-0.2, -0.15) is 0 Å². The van der Waals surface area contributed by atoms with Gasteiger partial charge in [0.15, 0.2) is 0 Å². The van der Waals surface area contributed by atoms with Crippen molar-refractivity contribution in [2.45, 2.75) is 0 Å². The van der Waals surface area contributed by atoms with Crippen LogP contribution in [0.4, 0.5) is 0 Å². The molecule has 0 heterocycles. The second-order valence-corrected chi connectivity index (χ2v) is 0. The van der Waals surface area contributed by atoms with Gasteiger partial charge in [0.2, 0.25) is 0 Å². The fourth-order valence-electron chi connectivity index (χ4n) is 0. The van der Waals surface area contributed by atoms with Crippen LogP contribution < -0.4 is 6.15 Å². The zero-order chi connectivity index (χ0) is 0. The molecule has 0 saturated heterocycles. The van der Waals surface area contributed by atoms with Gasteiger partial charge in [-0.15, -0.1) is 0 Å². The van der Waals surface area contributed by atoms with E-state index in [1.165, 1.54) is 0 Å². The molecule has 0 unspecified atom stereocenters. The molecule has 0 aromatic carbocycles. The van der Waals surface area contributed by atoms with Gasteiger partial charge >= 0.3 is 266 Å². The molecule has 0 aliphatic rings. The van der Waals surface area contributed by atoms with Crippen molar-refractivity contribution in [2.75, 3.05) is 0 Å². The van der Waals surface area contributed by atoms with Gasteiger partial charge in [0.05, 0.1) is 0 Å². The molecule has 0 saturated carbocycles. The second kappa shape index (κ2) is 64.3. The quantitative estimate of drug-likeness (QED) is 0.416. The average Bonchev–Trinajstić information content (AvgIpc) is 0. The molecule has 0 aromatic rings. The monoisotopic (exact) mass is 233 g/mol. The Kier molecular flexibility index (Phi) is 490. The molecule has 0 atom stereocenters. The first-order chi connectivity index (χ1) is 0. The topological polar surface area (TPSA) is 35.0 Å². The van der Waals surface area contributed by atoms with Crippen LogP contribution >= 0.6 is 0 Å². The number of rotatable bonds is 0. The molecule has 10 heavy (non-hydrogen) atoms. The van der Waals surface area contributed by atoms with Gasteiger partial charge < -0.3 is 6.15 Å². The van der Waals surface area contributed by atoms with E-state index in [2.05, 4.69) is 0 Å². The van der Waals surface area contributed by atoms with Crippen LogP contribution in [0.2, 0.25) is 0 Å². The average molecular weight is 233 g/mol. The summed E-state index contributed by atoms with van der Waals surface area (Å²) >= 11 is 0. The van der Waals surface area contributed by atoms with Gasteiger partial charge in [0.1, 0.15) is 0 Å². The van der Waals surface area contributed by atoms with E-state index in [0.29, 0.717) is 0 Å². The fraction of sp³-hybridized carbons (Fsp3) is 0. The molecule has 26 valence electrons. The minimum absolute atomic E-state index is 0. The SMILES string of the molecule is N.[NaH].[NaH].[NaH].[NaH].[NaH].[NaH].[NaH].[NaH].[NaH]. The van der Waals surface area contributed by atoms with Gasteiger partial charge in [-0.1, -0.05) is 0 Å². The molecule has 0 radical (unpaired) electrons. The van der Waals surface area contributed by atoms with Crippen LogP contribution in [-0.2, 0) is 0 Å². The Labute approximate surface area is 263 Å². The summed E-state index contributed by atoms with van der Waals surface area (Å²) in [4.78, 5) is 0.